The monoisotopic (exact) mass is 178 g/mol. The molecule has 0 bridgehead atoms. The van der Waals surface area contributed by atoms with Gasteiger partial charge in [0.05, 0.1) is 6.61 Å². The number of rotatable bonds is 3. The van der Waals surface area contributed by atoms with Crippen molar-refractivity contribution in [3.8, 4) is 5.75 Å². The van der Waals surface area contributed by atoms with E-state index in [0.717, 1.165) is 5.56 Å². The van der Waals surface area contributed by atoms with Gasteiger partial charge in [-0.2, -0.15) is 0 Å². The second-order valence-electron chi connectivity index (χ2n) is 2.54. The second kappa shape index (κ2) is 4.42. The number of carbonyl (C=O) groups is 1. The van der Waals surface area contributed by atoms with Gasteiger partial charge in [0.25, 0.3) is 0 Å². The van der Waals surface area contributed by atoms with Crippen molar-refractivity contribution in [1.29, 1.82) is 0 Å². The molecule has 1 aromatic rings. The Labute approximate surface area is 76.0 Å². The molecular formula is C10H10O3. The molecule has 3 nitrogen and oxygen atoms in total. The number of carbonyl (C=O) groups excluding carboxylic acids is 1. The first-order valence-corrected chi connectivity index (χ1v) is 3.82. The van der Waals surface area contributed by atoms with E-state index in [4.69, 9.17) is 5.11 Å². The summed E-state index contributed by atoms with van der Waals surface area (Å²) in [5, 5.41) is 18.0. The van der Waals surface area contributed by atoms with Crippen LogP contribution in [0.3, 0.4) is 0 Å². The Balaban J connectivity index is 2.99. The van der Waals surface area contributed by atoms with E-state index < -0.39 is 0 Å². The van der Waals surface area contributed by atoms with Gasteiger partial charge in [-0.25, -0.2) is 0 Å². The van der Waals surface area contributed by atoms with Crippen molar-refractivity contribution in [3.63, 3.8) is 0 Å². The molecule has 0 aliphatic heterocycles. The van der Waals surface area contributed by atoms with Crippen molar-refractivity contribution in [2.24, 2.45) is 0 Å². The van der Waals surface area contributed by atoms with E-state index in [1.807, 2.05) is 0 Å². The van der Waals surface area contributed by atoms with Crippen LogP contribution in [0, 0.1) is 0 Å². The normalized spacial score (nSPS) is 10.5. The van der Waals surface area contributed by atoms with Crippen LogP contribution in [0.15, 0.2) is 24.3 Å². The SMILES string of the molecule is O=C/C=C/c1ccc(O)c(CO)c1. The summed E-state index contributed by atoms with van der Waals surface area (Å²) in [6.45, 7) is -0.214. The van der Waals surface area contributed by atoms with Gasteiger partial charge in [-0.3, -0.25) is 4.79 Å². The van der Waals surface area contributed by atoms with E-state index >= 15 is 0 Å². The third-order valence-corrected chi connectivity index (χ3v) is 1.64. The van der Waals surface area contributed by atoms with E-state index in [9.17, 15) is 9.90 Å². The third kappa shape index (κ3) is 2.42. The Kier molecular flexibility index (Phi) is 3.23. The molecule has 0 saturated carbocycles. The lowest BCUT2D eigenvalue weighted by Crippen LogP contribution is -1.85. The highest BCUT2D eigenvalue weighted by atomic mass is 16.3. The summed E-state index contributed by atoms with van der Waals surface area (Å²) in [4.78, 5) is 10.0. The summed E-state index contributed by atoms with van der Waals surface area (Å²) in [6, 6.07) is 4.76. The van der Waals surface area contributed by atoms with Crippen molar-refractivity contribution in [1.82, 2.24) is 0 Å². The Bertz CT molecular complexity index is 329. The molecule has 2 N–H and O–H groups in total. The van der Waals surface area contributed by atoms with Gasteiger partial charge in [0.2, 0.25) is 0 Å². The zero-order valence-electron chi connectivity index (χ0n) is 6.97. The van der Waals surface area contributed by atoms with Gasteiger partial charge in [-0.1, -0.05) is 12.1 Å². The largest absolute Gasteiger partial charge is 0.508 e. The fourth-order valence-electron chi connectivity index (χ4n) is 0.986. The maximum Gasteiger partial charge on any atom is 0.142 e. The number of hydrogen-bond acceptors (Lipinski definition) is 3. The molecule has 1 aromatic carbocycles. The number of phenols is 1. The molecule has 0 fully saturated rings. The first-order valence-electron chi connectivity index (χ1n) is 3.82. The smallest absolute Gasteiger partial charge is 0.142 e. The van der Waals surface area contributed by atoms with Crippen LogP contribution in [-0.2, 0) is 11.4 Å². The van der Waals surface area contributed by atoms with Crippen LogP contribution in [0.5, 0.6) is 5.75 Å². The Hall–Kier alpha value is -1.61. The Morgan fingerprint density at radius 1 is 1.38 bits per heavy atom. The molecule has 0 unspecified atom stereocenters. The lowest BCUT2D eigenvalue weighted by molar-refractivity contribution is -0.104. The van der Waals surface area contributed by atoms with E-state index in [1.54, 1.807) is 18.2 Å². The van der Waals surface area contributed by atoms with Crippen LogP contribution in [-0.4, -0.2) is 16.5 Å². The van der Waals surface area contributed by atoms with E-state index in [2.05, 4.69) is 0 Å². The van der Waals surface area contributed by atoms with Gasteiger partial charge in [-0.05, 0) is 23.8 Å². The molecule has 0 amide bonds. The minimum atomic E-state index is -0.214. The van der Waals surface area contributed by atoms with Crippen molar-refractivity contribution in [2.45, 2.75) is 6.61 Å². The highest BCUT2D eigenvalue weighted by Gasteiger charge is 1.98. The van der Waals surface area contributed by atoms with Crippen LogP contribution in [0.25, 0.3) is 6.08 Å². The van der Waals surface area contributed by atoms with Crippen LogP contribution in [0.1, 0.15) is 11.1 Å². The zero-order valence-corrected chi connectivity index (χ0v) is 6.97. The summed E-state index contributed by atoms with van der Waals surface area (Å²) in [5.41, 5.74) is 1.22. The molecule has 0 radical (unpaired) electrons. The first kappa shape index (κ1) is 9.48. The third-order valence-electron chi connectivity index (χ3n) is 1.64. The summed E-state index contributed by atoms with van der Waals surface area (Å²) in [6.07, 6.45) is 3.63. The number of hydrogen-bond donors (Lipinski definition) is 2. The lowest BCUT2D eigenvalue weighted by atomic mass is 10.1. The highest BCUT2D eigenvalue weighted by molar-refractivity contribution is 5.74. The van der Waals surface area contributed by atoms with Crippen molar-refractivity contribution < 1.29 is 15.0 Å². The quantitative estimate of drug-likeness (QED) is 0.538. The summed E-state index contributed by atoms with van der Waals surface area (Å²) >= 11 is 0. The first-order chi connectivity index (χ1) is 6.27. The van der Waals surface area contributed by atoms with Crippen LogP contribution in [0.2, 0.25) is 0 Å². The molecule has 0 aliphatic carbocycles. The van der Waals surface area contributed by atoms with Crippen LogP contribution >= 0.6 is 0 Å². The van der Waals surface area contributed by atoms with Gasteiger partial charge in [-0.15, -0.1) is 0 Å². The number of aliphatic hydroxyl groups is 1. The van der Waals surface area contributed by atoms with Gasteiger partial charge >= 0.3 is 0 Å². The van der Waals surface area contributed by atoms with Crippen molar-refractivity contribution >= 4 is 12.4 Å². The Morgan fingerprint density at radius 3 is 2.77 bits per heavy atom. The van der Waals surface area contributed by atoms with E-state index in [0.29, 0.717) is 11.8 Å². The summed E-state index contributed by atoms with van der Waals surface area (Å²) in [7, 11) is 0. The van der Waals surface area contributed by atoms with Crippen molar-refractivity contribution in [3.05, 3.63) is 35.4 Å². The van der Waals surface area contributed by atoms with Crippen LogP contribution in [0.4, 0.5) is 0 Å². The molecule has 0 aliphatic rings. The zero-order chi connectivity index (χ0) is 9.68. The summed E-state index contributed by atoms with van der Waals surface area (Å²) < 4.78 is 0. The van der Waals surface area contributed by atoms with Crippen LogP contribution < -0.4 is 0 Å². The van der Waals surface area contributed by atoms with Crippen molar-refractivity contribution in [2.75, 3.05) is 0 Å². The average Bonchev–Trinajstić information content (AvgIpc) is 2.16. The van der Waals surface area contributed by atoms with E-state index in [-0.39, 0.29) is 12.4 Å². The Morgan fingerprint density at radius 2 is 2.15 bits per heavy atom. The number of allylic oxidation sites excluding steroid dienone is 1. The predicted molar refractivity (Wildman–Crippen MR) is 49.1 cm³/mol. The number of aldehydes is 1. The molecule has 68 valence electrons. The molecule has 3 heteroatoms. The molecule has 1 rings (SSSR count). The predicted octanol–water partition coefficient (Wildman–Crippen LogP) is 1.10. The molecule has 0 spiro atoms. The summed E-state index contributed by atoms with van der Waals surface area (Å²) in [5.74, 6) is 0.0609. The second-order valence-corrected chi connectivity index (χ2v) is 2.54. The maximum absolute atomic E-state index is 10.0. The molecule has 0 saturated heterocycles. The maximum atomic E-state index is 10.0. The molecule has 0 aromatic heterocycles. The fourth-order valence-corrected chi connectivity index (χ4v) is 0.986. The molecule has 0 heterocycles. The number of aromatic hydroxyl groups is 1. The fraction of sp³-hybridized carbons (Fsp3) is 0.100. The number of benzene rings is 1. The lowest BCUT2D eigenvalue weighted by Gasteiger charge is -2.01. The highest BCUT2D eigenvalue weighted by Crippen LogP contribution is 2.18. The average molecular weight is 178 g/mol. The van der Waals surface area contributed by atoms with Gasteiger partial charge < -0.3 is 10.2 Å². The minimum absolute atomic E-state index is 0.0609. The molecule has 13 heavy (non-hydrogen) atoms. The molecule has 0 atom stereocenters. The van der Waals surface area contributed by atoms with Gasteiger partial charge in [0.1, 0.15) is 12.0 Å². The topological polar surface area (TPSA) is 57.5 Å². The van der Waals surface area contributed by atoms with Gasteiger partial charge in [0, 0.05) is 5.56 Å². The molecular weight excluding hydrogens is 168 g/mol. The van der Waals surface area contributed by atoms with E-state index in [1.165, 1.54) is 12.1 Å². The minimum Gasteiger partial charge on any atom is -0.508 e. The standard InChI is InChI=1S/C10H10O3/c11-5-1-2-8-3-4-10(13)9(6-8)7-12/h1-6,12-13H,7H2/b2-1+. The van der Waals surface area contributed by atoms with Gasteiger partial charge in [0.15, 0.2) is 0 Å². The number of aliphatic hydroxyl groups excluding tert-OH is 1.